The van der Waals surface area contributed by atoms with E-state index < -0.39 is 17.0 Å². The van der Waals surface area contributed by atoms with Crippen LogP contribution >= 0.6 is 17.0 Å². The standard InChI is InChI=1S/C61H90O5P2/c1-35(2)40(7)46(34-39(6)58(11,12)13)52-41(8)36(3)31-47(59(14,15)16)55(52)66-68(62)64-51-30-26-24-28-45(51)44-27-23-25-29-50(44)63-67-57-49(61(20,21)22)33-38(5)43(10)54(57)53-42(9)37(4)32-48(56(53)65-67)60(17,18)19/h24,26,28,30-31,33-34,37,42,44,48,50,53,56,62H,6,23,25,27,29,32H2,1-5,7-22H3/b46-34+/t37?,42-,44?,48?,50?,53?,56-,67?,68+/m1/s1. The van der Waals surface area contributed by atoms with E-state index in [0.717, 1.165) is 71.1 Å². The number of allylic oxidation sites excluding steroid dienone is 5. The average molecular weight is 965 g/mol. The Morgan fingerprint density at radius 3 is 1.99 bits per heavy atom. The van der Waals surface area contributed by atoms with Gasteiger partial charge in [0, 0.05) is 33.8 Å². The molecule has 0 spiro atoms. The summed E-state index contributed by atoms with van der Waals surface area (Å²) in [5.74, 6) is 3.15. The number of benzene rings is 3. The fraction of sp³-hybridized carbons (Fsp3) is 0.607. The van der Waals surface area contributed by atoms with Crippen LogP contribution in [0.1, 0.15) is 212 Å². The molecule has 6 unspecified atom stereocenters. The minimum atomic E-state index is -2.42. The van der Waals surface area contributed by atoms with Crippen LogP contribution in [-0.4, -0.2) is 17.1 Å². The van der Waals surface area contributed by atoms with Crippen molar-refractivity contribution in [1.29, 1.82) is 0 Å². The van der Waals surface area contributed by atoms with E-state index in [9.17, 15) is 4.89 Å². The van der Waals surface area contributed by atoms with Crippen LogP contribution in [0.25, 0.3) is 5.57 Å². The van der Waals surface area contributed by atoms with Gasteiger partial charge >= 0.3 is 8.60 Å². The van der Waals surface area contributed by atoms with Crippen molar-refractivity contribution in [2.24, 2.45) is 28.6 Å². The molecule has 1 N–H and O–H groups in total. The highest BCUT2D eigenvalue weighted by molar-refractivity contribution is 7.56. The largest absolute Gasteiger partial charge is 0.460 e. The predicted molar refractivity (Wildman–Crippen MR) is 293 cm³/mol. The van der Waals surface area contributed by atoms with E-state index in [1.807, 2.05) is 12.1 Å². The Balaban J connectivity index is 1.43. The zero-order valence-corrected chi connectivity index (χ0v) is 48.1. The van der Waals surface area contributed by atoms with Crippen LogP contribution in [-0.2, 0) is 19.9 Å². The van der Waals surface area contributed by atoms with Crippen LogP contribution in [0.4, 0.5) is 0 Å². The van der Waals surface area contributed by atoms with E-state index in [1.165, 1.54) is 38.7 Å². The Kier molecular flexibility index (Phi) is 16.4. The summed E-state index contributed by atoms with van der Waals surface area (Å²) in [5.41, 5.74) is 15.0. The molecular weight excluding hydrogens is 875 g/mol. The first-order valence-corrected chi connectivity index (χ1v) is 28.1. The van der Waals surface area contributed by atoms with Gasteiger partial charge in [-0.2, -0.15) is 0 Å². The molecular formula is C61H90O5P2. The first-order chi connectivity index (χ1) is 31.3. The fourth-order valence-electron chi connectivity index (χ4n) is 11.1. The molecule has 0 amide bonds. The molecule has 5 nitrogen and oxygen atoms in total. The third-order valence-corrected chi connectivity index (χ3v) is 18.7. The lowest BCUT2D eigenvalue weighted by molar-refractivity contribution is -0.0365. The second-order valence-corrected chi connectivity index (χ2v) is 27.8. The number of aryl methyl sites for hydroxylation is 2. The Morgan fingerprint density at radius 2 is 1.40 bits per heavy atom. The lowest BCUT2D eigenvalue weighted by atomic mass is 9.58. The molecule has 3 aliphatic rings. The SMILES string of the molecule is C=C(/C=C(\C(C)=C(C)C)c1c(C)c(C)cc(C(C)(C)C)c1O[P@@](O)Oc1ccccc1C1CCCCC1OP1O[C@H]2C(c3c(C)c(C)cc(C(C)(C)C)c31)[C@H](C)C(C)CC2C(C)(C)C)C(C)(C)C. The van der Waals surface area contributed by atoms with Crippen molar-refractivity contribution in [3.63, 3.8) is 0 Å². The molecule has 3 aromatic carbocycles. The Labute approximate surface area is 417 Å². The minimum Gasteiger partial charge on any atom is -0.418 e. The molecule has 2 aliphatic carbocycles. The number of para-hydroxylation sites is 1. The Bertz CT molecular complexity index is 2410. The molecule has 6 rings (SSSR count). The van der Waals surface area contributed by atoms with Gasteiger partial charge in [0.25, 0.3) is 0 Å². The van der Waals surface area contributed by atoms with Crippen LogP contribution in [0.5, 0.6) is 11.5 Å². The molecule has 2 fully saturated rings. The number of hydrogen-bond acceptors (Lipinski definition) is 5. The maximum atomic E-state index is 12.2. The monoisotopic (exact) mass is 965 g/mol. The van der Waals surface area contributed by atoms with Gasteiger partial charge in [-0.05, 0) is 163 Å². The van der Waals surface area contributed by atoms with Crippen molar-refractivity contribution in [2.45, 2.75) is 212 Å². The van der Waals surface area contributed by atoms with Crippen LogP contribution in [0, 0.1) is 56.3 Å². The topological polar surface area (TPSA) is 57.2 Å². The van der Waals surface area contributed by atoms with Crippen molar-refractivity contribution < 1.29 is 23.0 Å². The molecule has 374 valence electrons. The third-order valence-electron chi connectivity index (χ3n) is 16.3. The van der Waals surface area contributed by atoms with E-state index >= 15 is 0 Å². The van der Waals surface area contributed by atoms with E-state index in [2.05, 4.69) is 182 Å². The van der Waals surface area contributed by atoms with Crippen LogP contribution < -0.4 is 14.4 Å². The zero-order valence-electron chi connectivity index (χ0n) is 46.3. The molecule has 2 saturated carbocycles. The maximum Gasteiger partial charge on any atom is 0.460 e. The second kappa shape index (κ2) is 20.4. The average Bonchev–Trinajstić information content (AvgIpc) is 3.22. The Morgan fingerprint density at radius 1 is 0.809 bits per heavy atom. The first kappa shape index (κ1) is 54.6. The van der Waals surface area contributed by atoms with E-state index in [0.29, 0.717) is 35.2 Å². The van der Waals surface area contributed by atoms with Gasteiger partial charge in [0.2, 0.25) is 8.38 Å². The number of fused-ring (bicyclic) bond motifs is 3. The highest BCUT2D eigenvalue weighted by atomic mass is 31.2. The quantitative estimate of drug-likeness (QED) is 0.162. The van der Waals surface area contributed by atoms with Gasteiger partial charge in [0.05, 0.1) is 12.2 Å². The van der Waals surface area contributed by atoms with Crippen molar-refractivity contribution in [3.05, 3.63) is 116 Å². The normalized spacial score (nSPS) is 25.3. The third kappa shape index (κ3) is 11.3. The summed E-state index contributed by atoms with van der Waals surface area (Å²) < 4.78 is 28.9. The summed E-state index contributed by atoms with van der Waals surface area (Å²) in [4.78, 5) is 12.2. The summed E-state index contributed by atoms with van der Waals surface area (Å²) in [5, 5.41) is 1.33. The molecule has 7 heteroatoms. The van der Waals surface area contributed by atoms with Gasteiger partial charge in [0.15, 0.2) is 0 Å². The second-order valence-electron chi connectivity index (χ2n) is 25.5. The highest BCUT2D eigenvalue weighted by Crippen LogP contribution is 2.62. The predicted octanol–water partition coefficient (Wildman–Crippen LogP) is 18.0. The van der Waals surface area contributed by atoms with Gasteiger partial charge in [-0.25, -0.2) is 0 Å². The van der Waals surface area contributed by atoms with Gasteiger partial charge in [-0.15, -0.1) is 0 Å². The van der Waals surface area contributed by atoms with E-state index in [-0.39, 0.29) is 39.8 Å². The van der Waals surface area contributed by atoms with Crippen molar-refractivity contribution in [2.75, 3.05) is 0 Å². The fourth-order valence-corrected chi connectivity index (χ4v) is 14.1. The Hall–Kier alpha value is -2.78. The molecule has 3 aromatic rings. The molecule has 0 bridgehead atoms. The summed E-state index contributed by atoms with van der Waals surface area (Å²) in [6.07, 6.45) is 7.44. The van der Waals surface area contributed by atoms with Crippen LogP contribution in [0.3, 0.4) is 0 Å². The maximum absolute atomic E-state index is 12.2. The highest BCUT2D eigenvalue weighted by Gasteiger charge is 2.53. The molecule has 9 atom stereocenters. The number of hydrogen-bond donors (Lipinski definition) is 1. The summed E-state index contributed by atoms with van der Waals surface area (Å²) >= 11 is 0. The van der Waals surface area contributed by atoms with E-state index in [1.54, 1.807) is 0 Å². The van der Waals surface area contributed by atoms with Crippen molar-refractivity contribution in [3.8, 4) is 11.5 Å². The van der Waals surface area contributed by atoms with Crippen LogP contribution in [0.15, 0.2) is 65.8 Å². The summed E-state index contributed by atoms with van der Waals surface area (Å²) in [6, 6.07) is 12.9. The van der Waals surface area contributed by atoms with Crippen molar-refractivity contribution >= 4 is 27.9 Å². The molecule has 0 radical (unpaired) electrons. The summed E-state index contributed by atoms with van der Waals surface area (Å²) in [7, 11) is -3.86. The smallest absolute Gasteiger partial charge is 0.418 e. The van der Waals surface area contributed by atoms with Gasteiger partial charge in [-0.1, -0.05) is 158 Å². The molecule has 0 saturated heterocycles. The van der Waals surface area contributed by atoms with Crippen LogP contribution in [0.2, 0.25) is 0 Å². The lowest BCUT2D eigenvalue weighted by Crippen LogP contribution is -2.51. The first-order valence-electron chi connectivity index (χ1n) is 25.8. The minimum absolute atomic E-state index is 0.0459. The van der Waals surface area contributed by atoms with Gasteiger partial charge in [0.1, 0.15) is 11.5 Å². The van der Waals surface area contributed by atoms with E-state index in [4.69, 9.17) is 18.1 Å². The lowest BCUT2D eigenvalue weighted by Gasteiger charge is -2.54. The molecule has 0 aromatic heterocycles. The molecule has 1 aliphatic heterocycles. The summed E-state index contributed by atoms with van der Waals surface area (Å²) in [6.45, 7) is 52.5. The molecule has 1 heterocycles. The van der Waals surface area contributed by atoms with Crippen molar-refractivity contribution in [1.82, 2.24) is 0 Å². The zero-order chi connectivity index (χ0) is 50.7. The molecule has 68 heavy (non-hydrogen) atoms. The van der Waals surface area contributed by atoms with Gasteiger partial charge < -0.3 is 23.0 Å². The number of rotatable bonds is 10. The van der Waals surface area contributed by atoms with Gasteiger partial charge in [-0.3, -0.25) is 0 Å².